The SMILES string of the molecule is CCNC(C)(CSCc1ccc(Cl)cc1)C(=O)O. The van der Waals surface area contributed by atoms with E-state index in [9.17, 15) is 9.90 Å². The minimum atomic E-state index is -0.869. The van der Waals surface area contributed by atoms with E-state index in [1.54, 1.807) is 18.7 Å². The van der Waals surface area contributed by atoms with Crippen LogP contribution in [0.2, 0.25) is 5.02 Å². The van der Waals surface area contributed by atoms with Gasteiger partial charge in [0.25, 0.3) is 0 Å². The zero-order valence-corrected chi connectivity index (χ0v) is 12.1. The first kappa shape index (κ1) is 15.3. The normalized spacial score (nSPS) is 14.2. The molecule has 0 fully saturated rings. The van der Waals surface area contributed by atoms with E-state index in [0.29, 0.717) is 17.3 Å². The van der Waals surface area contributed by atoms with E-state index in [1.165, 1.54) is 0 Å². The van der Waals surface area contributed by atoms with Crippen molar-refractivity contribution in [1.82, 2.24) is 5.32 Å². The predicted octanol–water partition coefficient (Wildman–Crippen LogP) is 3.03. The summed E-state index contributed by atoms with van der Waals surface area (Å²) in [5.74, 6) is 0.498. The maximum atomic E-state index is 11.2. The van der Waals surface area contributed by atoms with Crippen LogP contribution < -0.4 is 5.32 Å². The molecule has 0 bridgehead atoms. The molecule has 0 aromatic heterocycles. The molecule has 18 heavy (non-hydrogen) atoms. The lowest BCUT2D eigenvalue weighted by atomic mass is 10.1. The molecule has 0 radical (unpaired) electrons. The fourth-order valence-electron chi connectivity index (χ4n) is 1.53. The summed E-state index contributed by atoms with van der Waals surface area (Å²) in [4.78, 5) is 11.2. The third kappa shape index (κ3) is 4.52. The summed E-state index contributed by atoms with van der Waals surface area (Å²) in [6.07, 6.45) is 0. The Morgan fingerprint density at radius 3 is 2.56 bits per heavy atom. The molecule has 1 aromatic rings. The second-order valence-corrected chi connectivity index (χ2v) is 5.71. The number of halogens is 1. The number of thioether (sulfide) groups is 1. The highest BCUT2D eigenvalue weighted by molar-refractivity contribution is 7.98. The maximum Gasteiger partial charge on any atom is 0.324 e. The summed E-state index contributed by atoms with van der Waals surface area (Å²) >= 11 is 7.41. The average Bonchev–Trinajstić information content (AvgIpc) is 2.32. The Labute approximate surface area is 117 Å². The van der Waals surface area contributed by atoms with Crippen molar-refractivity contribution in [3.63, 3.8) is 0 Å². The summed E-state index contributed by atoms with van der Waals surface area (Å²) in [5.41, 5.74) is 0.278. The molecule has 5 heteroatoms. The van der Waals surface area contributed by atoms with E-state index in [1.807, 2.05) is 31.2 Å². The van der Waals surface area contributed by atoms with Gasteiger partial charge in [-0.05, 0) is 31.2 Å². The molecular weight excluding hydrogens is 270 g/mol. The molecule has 1 atom stereocenters. The van der Waals surface area contributed by atoms with Crippen molar-refractivity contribution < 1.29 is 9.90 Å². The number of carboxylic acid groups (broad SMARTS) is 1. The highest BCUT2D eigenvalue weighted by Crippen LogP contribution is 2.19. The number of hydrogen-bond acceptors (Lipinski definition) is 3. The minimum Gasteiger partial charge on any atom is -0.480 e. The van der Waals surface area contributed by atoms with Crippen molar-refractivity contribution in [1.29, 1.82) is 0 Å². The fourth-order valence-corrected chi connectivity index (χ4v) is 2.82. The van der Waals surface area contributed by atoms with Crippen LogP contribution in [0.15, 0.2) is 24.3 Å². The van der Waals surface area contributed by atoms with E-state index in [4.69, 9.17) is 11.6 Å². The number of aliphatic carboxylic acids is 1. The van der Waals surface area contributed by atoms with Crippen LogP contribution >= 0.6 is 23.4 Å². The fraction of sp³-hybridized carbons (Fsp3) is 0.462. The zero-order chi connectivity index (χ0) is 13.6. The Kier molecular flexibility index (Phi) is 5.99. The molecule has 1 unspecified atom stereocenters. The maximum absolute atomic E-state index is 11.2. The van der Waals surface area contributed by atoms with Gasteiger partial charge in [-0.2, -0.15) is 11.8 Å². The van der Waals surface area contributed by atoms with Gasteiger partial charge in [0.1, 0.15) is 5.54 Å². The van der Waals surface area contributed by atoms with E-state index in [2.05, 4.69) is 5.32 Å². The number of carbonyl (C=O) groups is 1. The molecular formula is C13H18ClNO2S. The summed E-state index contributed by atoms with van der Waals surface area (Å²) in [6.45, 7) is 4.27. The van der Waals surface area contributed by atoms with Gasteiger partial charge in [-0.15, -0.1) is 0 Å². The molecule has 0 saturated heterocycles. The smallest absolute Gasteiger partial charge is 0.324 e. The van der Waals surface area contributed by atoms with Crippen LogP contribution in [0.5, 0.6) is 0 Å². The largest absolute Gasteiger partial charge is 0.480 e. The van der Waals surface area contributed by atoms with E-state index >= 15 is 0 Å². The molecule has 3 nitrogen and oxygen atoms in total. The number of nitrogens with one attached hydrogen (secondary N) is 1. The van der Waals surface area contributed by atoms with Crippen LogP contribution in [0, 0.1) is 0 Å². The topological polar surface area (TPSA) is 49.3 Å². The standard InChI is InChI=1S/C13H18ClNO2S/c1-3-15-13(2,12(16)17)9-18-8-10-4-6-11(14)7-5-10/h4-7,15H,3,8-9H2,1-2H3,(H,16,17). The predicted molar refractivity (Wildman–Crippen MR) is 77.3 cm³/mol. The third-order valence-corrected chi connectivity index (χ3v) is 4.18. The van der Waals surface area contributed by atoms with Crippen LogP contribution in [0.25, 0.3) is 0 Å². The van der Waals surface area contributed by atoms with Crippen LogP contribution in [-0.4, -0.2) is 28.9 Å². The first-order valence-corrected chi connectivity index (χ1v) is 7.32. The Hall–Kier alpha value is -0.710. The third-order valence-electron chi connectivity index (χ3n) is 2.61. The molecule has 0 heterocycles. The molecule has 1 rings (SSSR count). The summed E-state index contributed by atoms with van der Waals surface area (Å²) < 4.78 is 0. The second-order valence-electron chi connectivity index (χ2n) is 4.29. The number of carboxylic acids is 1. The first-order chi connectivity index (χ1) is 8.48. The minimum absolute atomic E-state index is 0.527. The van der Waals surface area contributed by atoms with Crippen molar-refractivity contribution in [3.05, 3.63) is 34.9 Å². The molecule has 0 aliphatic heterocycles. The van der Waals surface area contributed by atoms with E-state index < -0.39 is 11.5 Å². The van der Waals surface area contributed by atoms with Crippen molar-refractivity contribution in [2.75, 3.05) is 12.3 Å². The van der Waals surface area contributed by atoms with Gasteiger partial charge in [0.2, 0.25) is 0 Å². The number of hydrogen-bond donors (Lipinski definition) is 2. The van der Waals surface area contributed by atoms with Crippen molar-refractivity contribution in [2.24, 2.45) is 0 Å². The molecule has 0 aliphatic carbocycles. The Morgan fingerprint density at radius 2 is 2.06 bits per heavy atom. The Balaban J connectivity index is 2.48. The van der Waals surface area contributed by atoms with E-state index in [0.717, 1.165) is 11.3 Å². The van der Waals surface area contributed by atoms with Crippen LogP contribution in [0.1, 0.15) is 19.4 Å². The molecule has 0 aliphatic rings. The second kappa shape index (κ2) is 7.02. The van der Waals surface area contributed by atoms with Gasteiger partial charge < -0.3 is 10.4 Å². The summed E-state index contributed by atoms with van der Waals surface area (Å²) in [5, 5.41) is 12.9. The van der Waals surface area contributed by atoms with Crippen LogP contribution in [0.4, 0.5) is 0 Å². The van der Waals surface area contributed by atoms with Gasteiger partial charge >= 0.3 is 5.97 Å². The molecule has 1 aromatic carbocycles. The number of rotatable bonds is 7. The number of benzene rings is 1. The number of likely N-dealkylation sites (N-methyl/N-ethyl adjacent to an activating group) is 1. The highest BCUT2D eigenvalue weighted by atomic mass is 35.5. The van der Waals surface area contributed by atoms with Gasteiger partial charge in [0, 0.05) is 16.5 Å². The lowest BCUT2D eigenvalue weighted by Gasteiger charge is -2.25. The van der Waals surface area contributed by atoms with Crippen molar-refractivity contribution in [2.45, 2.75) is 25.1 Å². The lowest BCUT2D eigenvalue weighted by molar-refractivity contribution is -0.143. The molecule has 0 amide bonds. The molecule has 0 spiro atoms. The molecule has 0 saturated carbocycles. The van der Waals surface area contributed by atoms with Gasteiger partial charge in [-0.25, -0.2) is 0 Å². The monoisotopic (exact) mass is 287 g/mol. The quantitative estimate of drug-likeness (QED) is 0.809. The average molecular weight is 288 g/mol. The Morgan fingerprint density at radius 1 is 1.44 bits per heavy atom. The summed E-state index contributed by atoms with van der Waals surface area (Å²) in [7, 11) is 0. The van der Waals surface area contributed by atoms with Crippen molar-refractivity contribution >= 4 is 29.3 Å². The van der Waals surface area contributed by atoms with Gasteiger partial charge in [-0.1, -0.05) is 30.7 Å². The van der Waals surface area contributed by atoms with Crippen LogP contribution in [-0.2, 0) is 10.5 Å². The first-order valence-electron chi connectivity index (χ1n) is 5.78. The van der Waals surface area contributed by atoms with Crippen molar-refractivity contribution in [3.8, 4) is 0 Å². The Bertz CT molecular complexity index is 396. The lowest BCUT2D eigenvalue weighted by Crippen LogP contribution is -2.51. The highest BCUT2D eigenvalue weighted by Gasteiger charge is 2.31. The van der Waals surface area contributed by atoms with Gasteiger partial charge in [0.05, 0.1) is 0 Å². The van der Waals surface area contributed by atoms with E-state index in [-0.39, 0.29) is 0 Å². The molecule has 100 valence electrons. The zero-order valence-electron chi connectivity index (χ0n) is 10.6. The van der Waals surface area contributed by atoms with Gasteiger partial charge in [0.15, 0.2) is 0 Å². The molecule has 2 N–H and O–H groups in total. The summed E-state index contributed by atoms with van der Waals surface area (Å²) in [6, 6.07) is 7.61. The van der Waals surface area contributed by atoms with Gasteiger partial charge in [-0.3, -0.25) is 4.79 Å². The van der Waals surface area contributed by atoms with Crippen LogP contribution in [0.3, 0.4) is 0 Å².